The van der Waals surface area contributed by atoms with E-state index in [1.165, 1.54) is 6.07 Å². The molecule has 0 saturated heterocycles. The van der Waals surface area contributed by atoms with Crippen LogP contribution < -0.4 is 5.73 Å². The Morgan fingerprint density at radius 2 is 1.94 bits per heavy atom. The Labute approximate surface area is 110 Å². The lowest BCUT2D eigenvalue weighted by atomic mass is 9.92. The third-order valence-electron chi connectivity index (χ3n) is 3.49. The SMILES string of the molecule is CCN(CC(C)(C)CN)C(C)c1ccccc1F. The number of nitrogens with two attached hydrogens (primary N) is 1. The maximum atomic E-state index is 13.8. The van der Waals surface area contributed by atoms with E-state index in [0.717, 1.165) is 18.7 Å². The van der Waals surface area contributed by atoms with Crippen LogP contribution in [0.5, 0.6) is 0 Å². The fraction of sp³-hybridized carbons (Fsp3) is 0.600. The zero-order valence-corrected chi connectivity index (χ0v) is 11.9. The molecule has 0 aliphatic carbocycles. The van der Waals surface area contributed by atoms with Gasteiger partial charge in [-0.3, -0.25) is 4.90 Å². The van der Waals surface area contributed by atoms with Crippen LogP contribution in [0.25, 0.3) is 0 Å². The molecule has 0 heterocycles. The molecular weight excluding hydrogens is 227 g/mol. The van der Waals surface area contributed by atoms with Crippen LogP contribution in [0, 0.1) is 11.2 Å². The van der Waals surface area contributed by atoms with Gasteiger partial charge in [-0.2, -0.15) is 0 Å². The smallest absolute Gasteiger partial charge is 0.127 e. The van der Waals surface area contributed by atoms with Gasteiger partial charge in [0.25, 0.3) is 0 Å². The Morgan fingerprint density at radius 3 is 2.44 bits per heavy atom. The van der Waals surface area contributed by atoms with E-state index in [9.17, 15) is 4.39 Å². The molecule has 0 aliphatic heterocycles. The summed E-state index contributed by atoms with van der Waals surface area (Å²) in [7, 11) is 0. The van der Waals surface area contributed by atoms with Gasteiger partial charge in [-0.15, -0.1) is 0 Å². The first-order chi connectivity index (χ1) is 8.41. The molecule has 0 amide bonds. The monoisotopic (exact) mass is 252 g/mol. The van der Waals surface area contributed by atoms with Crippen LogP contribution in [-0.2, 0) is 0 Å². The van der Waals surface area contributed by atoms with Crippen molar-refractivity contribution in [1.82, 2.24) is 4.90 Å². The highest BCUT2D eigenvalue weighted by Crippen LogP contribution is 2.26. The number of hydrogen-bond acceptors (Lipinski definition) is 2. The minimum absolute atomic E-state index is 0.0511. The Bertz CT molecular complexity index is 377. The summed E-state index contributed by atoms with van der Waals surface area (Å²) in [5.41, 5.74) is 6.59. The quantitative estimate of drug-likeness (QED) is 0.842. The normalized spacial score (nSPS) is 13.9. The molecule has 1 unspecified atom stereocenters. The topological polar surface area (TPSA) is 29.3 Å². The van der Waals surface area contributed by atoms with Crippen LogP contribution in [0.3, 0.4) is 0 Å². The minimum Gasteiger partial charge on any atom is -0.330 e. The Balaban J connectivity index is 2.86. The highest BCUT2D eigenvalue weighted by atomic mass is 19.1. The molecule has 0 bridgehead atoms. The first kappa shape index (κ1) is 15.1. The van der Waals surface area contributed by atoms with Gasteiger partial charge in [0.15, 0.2) is 0 Å². The van der Waals surface area contributed by atoms with E-state index >= 15 is 0 Å². The fourth-order valence-corrected chi connectivity index (χ4v) is 2.15. The summed E-state index contributed by atoms with van der Waals surface area (Å²) in [5, 5.41) is 0. The van der Waals surface area contributed by atoms with Crippen LogP contribution in [0.1, 0.15) is 39.3 Å². The highest BCUT2D eigenvalue weighted by Gasteiger charge is 2.24. The van der Waals surface area contributed by atoms with Crippen LogP contribution in [-0.4, -0.2) is 24.5 Å². The summed E-state index contributed by atoms with van der Waals surface area (Å²) in [6.45, 7) is 10.8. The minimum atomic E-state index is -0.131. The molecule has 1 atom stereocenters. The molecule has 0 aromatic heterocycles. The third-order valence-corrected chi connectivity index (χ3v) is 3.49. The van der Waals surface area contributed by atoms with Crippen LogP contribution in [0.4, 0.5) is 4.39 Å². The van der Waals surface area contributed by atoms with Gasteiger partial charge in [-0.1, -0.05) is 39.0 Å². The van der Waals surface area contributed by atoms with Crippen molar-refractivity contribution in [2.75, 3.05) is 19.6 Å². The van der Waals surface area contributed by atoms with E-state index in [4.69, 9.17) is 5.73 Å². The highest BCUT2D eigenvalue weighted by molar-refractivity contribution is 5.20. The first-order valence-corrected chi connectivity index (χ1v) is 6.60. The van der Waals surface area contributed by atoms with E-state index < -0.39 is 0 Å². The summed E-state index contributed by atoms with van der Waals surface area (Å²) in [6.07, 6.45) is 0. The van der Waals surface area contributed by atoms with Crippen LogP contribution in [0.2, 0.25) is 0 Å². The third kappa shape index (κ3) is 3.79. The number of nitrogens with zero attached hydrogens (tertiary/aromatic N) is 1. The molecule has 18 heavy (non-hydrogen) atoms. The van der Waals surface area contributed by atoms with Gasteiger partial charge in [0.05, 0.1) is 0 Å². The van der Waals surface area contributed by atoms with Gasteiger partial charge in [0, 0.05) is 18.2 Å². The molecule has 0 radical (unpaired) electrons. The number of hydrogen-bond donors (Lipinski definition) is 1. The van der Waals surface area contributed by atoms with Crippen molar-refractivity contribution >= 4 is 0 Å². The molecule has 3 heteroatoms. The van der Waals surface area contributed by atoms with E-state index in [0.29, 0.717) is 6.54 Å². The van der Waals surface area contributed by atoms with Gasteiger partial charge < -0.3 is 5.73 Å². The van der Waals surface area contributed by atoms with Crippen LogP contribution in [0.15, 0.2) is 24.3 Å². The molecule has 102 valence electrons. The van der Waals surface area contributed by atoms with Crippen molar-refractivity contribution < 1.29 is 4.39 Å². The van der Waals surface area contributed by atoms with Crippen molar-refractivity contribution in [3.8, 4) is 0 Å². The molecule has 2 nitrogen and oxygen atoms in total. The summed E-state index contributed by atoms with van der Waals surface area (Å²) in [6, 6.07) is 7.07. The predicted molar refractivity (Wildman–Crippen MR) is 74.9 cm³/mol. The summed E-state index contributed by atoms with van der Waals surface area (Å²) in [4.78, 5) is 2.27. The molecule has 0 aliphatic rings. The Hall–Kier alpha value is -0.930. The van der Waals surface area contributed by atoms with Gasteiger partial charge in [0.1, 0.15) is 5.82 Å². The lowest BCUT2D eigenvalue weighted by molar-refractivity contribution is 0.145. The maximum absolute atomic E-state index is 13.8. The standard InChI is InChI=1S/C15H25FN2/c1-5-18(11-15(3,4)10-17)12(2)13-8-6-7-9-14(13)16/h6-9,12H,5,10-11,17H2,1-4H3. The van der Waals surface area contributed by atoms with Crippen molar-refractivity contribution in [2.24, 2.45) is 11.1 Å². The average molecular weight is 252 g/mol. The number of benzene rings is 1. The second kappa shape index (κ2) is 6.30. The molecule has 0 saturated carbocycles. The molecule has 1 aromatic carbocycles. The summed E-state index contributed by atoms with van der Waals surface area (Å²) >= 11 is 0. The second-order valence-corrected chi connectivity index (χ2v) is 5.63. The fourth-order valence-electron chi connectivity index (χ4n) is 2.15. The van der Waals surface area contributed by atoms with Crippen molar-refractivity contribution in [3.05, 3.63) is 35.6 Å². The number of halogens is 1. The maximum Gasteiger partial charge on any atom is 0.127 e. The number of rotatable bonds is 6. The van der Waals surface area contributed by atoms with Gasteiger partial charge in [-0.25, -0.2) is 4.39 Å². The summed E-state index contributed by atoms with van der Waals surface area (Å²) in [5.74, 6) is -0.131. The van der Waals surface area contributed by atoms with E-state index in [2.05, 4.69) is 32.6 Å². The Kier molecular flexibility index (Phi) is 5.29. The second-order valence-electron chi connectivity index (χ2n) is 5.63. The Morgan fingerprint density at radius 1 is 1.33 bits per heavy atom. The first-order valence-electron chi connectivity index (χ1n) is 6.60. The van der Waals surface area contributed by atoms with Gasteiger partial charge >= 0.3 is 0 Å². The van der Waals surface area contributed by atoms with E-state index in [1.807, 2.05) is 12.1 Å². The average Bonchev–Trinajstić information content (AvgIpc) is 2.36. The lowest BCUT2D eigenvalue weighted by Gasteiger charge is -2.35. The van der Waals surface area contributed by atoms with Crippen molar-refractivity contribution in [3.63, 3.8) is 0 Å². The van der Waals surface area contributed by atoms with Crippen molar-refractivity contribution in [2.45, 2.75) is 33.7 Å². The van der Waals surface area contributed by atoms with Crippen molar-refractivity contribution in [1.29, 1.82) is 0 Å². The zero-order valence-electron chi connectivity index (χ0n) is 11.9. The molecule has 1 aromatic rings. The zero-order chi connectivity index (χ0) is 13.8. The lowest BCUT2D eigenvalue weighted by Crippen LogP contribution is -2.40. The van der Waals surface area contributed by atoms with Gasteiger partial charge in [-0.05, 0) is 31.5 Å². The molecule has 2 N–H and O–H groups in total. The summed E-state index contributed by atoms with van der Waals surface area (Å²) < 4.78 is 13.8. The molecular formula is C15H25FN2. The predicted octanol–water partition coefficient (Wildman–Crippen LogP) is 3.19. The molecule has 0 spiro atoms. The van der Waals surface area contributed by atoms with Gasteiger partial charge in [0.2, 0.25) is 0 Å². The molecule has 1 rings (SSSR count). The molecule has 0 fully saturated rings. The van der Waals surface area contributed by atoms with Crippen LogP contribution >= 0.6 is 0 Å². The van der Waals surface area contributed by atoms with E-state index in [-0.39, 0.29) is 17.3 Å². The van der Waals surface area contributed by atoms with E-state index in [1.54, 1.807) is 6.07 Å². The largest absolute Gasteiger partial charge is 0.330 e.